The summed E-state index contributed by atoms with van der Waals surface area (Å²) < 4.78 is 0. The third-order valence-corrected chi connectivity index (χ3v) is 3.51. The van der Waals surface area contributed by atoms with Crippen molar-refractivity contribution in [2.75, 3.05) is 0 Å². The van der Waals surface area contributed by atoms with Crippen LogP contribution < -0.4 is 5.43 Å². The first kappa shape index (κ1) is 16.6. The molecule has 0 aliphatic rings. The van der Waals surface area contributed by atoms with Crippen LogP contribution in [0.3, 0.4) is 0 Å². The molecule has 120 valence electrons. The Bertz CT molecular complexity index is 725. The van der Waals surface area contributed by atoms with Gasteiger partial charge >= 0.3 is 0 Å². The average molecular weight is 313 g/mol. The van der Waals surface area contributed by atoms with Gasteiger partial charge in [0.2, 0.25) is 0 Å². The fraction of sp³-hybridized carbons (Fsp3) is 0.235. The van der Waals surface area contributed by atoms with Gasteiger partial charge in [0.05, 0.1) is 18.5 Å². The molecule has 1 aromatic heterocycles. The summed E-state index contributed by atoms with van der Waals surface area (Å²) in [7, 11) is 0. The zero-order valence-corrected chi connectivity index (χ0v) is 13.1. The second-order valence-electron chi connectivity index (χ2n) is 5.04. The lowest BCUT2D eigenvalue weighted by molar-refractivity contribution is 0.0955. The van der Waals surface area contributed by atoms with E-state index in [2.05, 4.69) is 15.5 Å². The Balaban J connectivity index is 2.12. The number of carbonyl (C=O) groups excluding carboxylic acids is 1. The van der Waals surface area contributed by atoms with Gasteiger partial charge in [-0.25, -0.2) is 5.43 Å². The Morgan fingerprint density at radius 1 is 1.35 bits per heavy atom. The van der Waals surface area contributed by atoms with Crippen molar-refractivity contribution >= 4 is 12.1 Å². The van der Waals surface area contributed by atoms with Gasteiger partial charge in [0, 0.05) is 22.9 Å². The number of amides is 1. The molecule has 1 aromatic carbocycles. The number of rotatable bonds is 5. The average Bonchev–Trinajstić information content (AvgIpc) is 2.58. The summed E-state index contributed by atoms with van der Waals surface area (Å²) in [5.74, 6) is -0.415. The first-order valence-electron chi connectivity index (χ1n) is 7.27. The van der Waals surface area contributed by atoms with Gasteiger partial charge in [-0.15, -0.1) is 0 Å². The van der Waals surface area contributed by atoms with E-state index in [4.69, 9.17) is 0 Å². The maximum Gasteiger partial charge on any atom is 0.271 e. The molecule has 0 atom stereocenters. The van der Waals surface area contributed by atoms with E-state index in [0.717, 1.165) is 12.0 Å². The Hall–Kier alpha value is -2.73. The quantitative estimate of drug-likeness (QED) is 0.580. The number of aromatic hydroxyl groups is 1. The van der Waals surface area contributed by atoms with E-state index in [-0.39, 0.29) is 18.3 Å². The standard InChI is InChI=1S/C17H19N3O3/c1-3-12-4-6-13(7-5-12)17(23)20-19-9-15-14(10-21)8-18-11(2)16(15)22/h4-9,21-22H,3,10H2,1-2H3,(H,20,23)/b19-9+. The fourth-order valence-electron chi connectivity index (χ4n) is 2.03. The van der Waals surface area contributed by atoms with E-state index >= 15 is 0 Å². The molecule has 0 aliphatic carbocycles. The van der Waals surface area contributed by atoms with Crippen LogP contribution >= 0.6 is 0 Å². The summed E-state index contributed by atoms with van der Waals surface area (Å²) in [4.78, 5) is 15.9. The minimum absolute atomic E-state index is 0.0677. The second-order valence-corrected chi connectivity index (χ2v) is 5.04. The van der Waals surface area contributed by atoms with E-state index in [1.165, 1.54) is 12.4 Å². The lowest BCUT2D eigenvalue weighted by Gasteiger charge is -2.07. The molecule has 3 N–H and O–H groups in total. The maximum absolute atomic E-state index is 12.0. The van der Waals surface area contributed by atoms with Crippen LogP contribution in [0, 0.1) is 6.92 Å². The van der Waals surface area contributed by atoms with Crippen LogP contribution in [0.5, 0.6) is 5.75 Å². The molecule has 6 heteroatoms. The maximum atomic E-state index is 12.0. The first-order valence-corrected chi connectivity index (χ1v) is 7.27. The minimum atomic E-state index is -0.347. The van der Waals surface area contributed by atoms with Gasteiger partial charge < -0.3 is 10.2 Å². The highest BCUT2D eigenvalue weighted by molar-refractivity contribution is 5.95. The summed E-state index contributed by atoms with van der Waals surface area (Å²) in [5, 5.41) is 23.1. The van der Waals surface area contributed by atoms with Crippen molar-refractivity contribution in [2.24, 2.45) is 5.10 Å². The van der Waals surface area contributed by atoms with Gasteiger partial charge in [-0.2, -0.15) is 5.10 Å². The van der Waals surface area contributed by atoms with Crippen molar-refractivity contribution in [1.29, 1.82) is 0 Å². The van der Waals surface area contributed by atoms with Gasteiger partial charge in [-0.05, 0) is 31.0 Å². The number of hydrogen-bond donors (Lipinski definition) is 3. The molecule has 0 spiro atoms. The lowest BCUT2D eigenvalue weighted by Crippen LogP contribution is -2.17. The molecule has 1 amide bonds. The Morgan fingerprint density at radius 3 is 2.65 bits per heavy atom. The van der Waals surface area contributed by atoms with E-state index in [0.29, 0.717) is 22.4 Å². The van der Waals surface area contributed by atoms with Crippen LogP contribution in [-0.4, -0.2) is 27.3 Å². The number of hydrazone groups is 1. The van der Waals surface area contributed by atoms with Crippen molar-refractivity contribution in [1.82, 2.24) is 10.4 Å². The SMILES string of the molecule is CCc1ccc(C(=O)N/N=C/c2c(CO)cnc(C)c2O)cc1. The fourth-order valence-corrected chi connectivity index (χ4v) is 2.03. The van der Waals surface area contributed by atoms with E-state index in [1.54, 1.807) is 19.1 Å². The van der Waals surface area contributed by atoms with E-state index < -0.39 is 0 Å². The molecule has 0 aliphatic heterocycles. The highest BCUT2D eigenvalue weighted by Crippen LogP contribution is 2.21. The summed E-state index contributed by atoms with van der Waals surface area (Å²) in [6.07, 6.45) is 3.67. The third kappa shape index (κ3) is 3.92. The number of benzene rings is 1. The van der Waals surface area contributed by atoms with Crippen molar-refractivity contribution in [3.63, 3.8) is 0 Å². The number of pyridine rings is 1. The number of aromatic nitrogens is 1. The number of nitrogens with one attached hydrogen (secondary N) is 1. The van der Waals surface area contributed by atoms with Gasteiger partial charge in [0.25, 0.3) is 5.91 Å². The highest BCUT2D eigenvalue weighted by Gasteiger charge is 2.09. The van der Waals surface area contributed by atoms with E-state index in [9.17, 15) is 15.0 Å². The third-order valence-electron chi connectivity index (χ3n) is 3.51. The number of aliphatic hydroxyl groups excluding tert-OH is 1. The van der Waals surface area contributed by atoms with Gasteiger partial charge in [0.15, 0.2) is 0 Å². The molecule has 0 radical (unpaired) electrons. The normalized spacial score (nSPS) is 10.9. The van der Waals surface area contributed by atoms with Crippen LogP contribution in [0.4, 0.5) is 0 Å². The molecule has 2 rings (SSSR count). The highest BCUT2D eigenvalue weighted by atomic mass is 16.3. The molecule has 1 heterocycles. The molecule has 0 saturated heterocycles. The molecule has 6 nitrogen and oxygen atoms in total. The number of aliphatic hydroxyl groups is 1. The van der Waals surface area contributed by atoms with Crippen molar-refractivity contribution in [3.05, 3.63) is 58.4 Å². The van der Waals surface area contributed by atoms with Crippen molar-refractivity contribution in [3.8, 4) is 5.75 Å². The van der Waals surface area contributed by atoms with Crippen LogP contribution in [0.25, 0.3) is 0 Å². The van der Waals surface area contributed by atoms with Crippen LogP contribution in [0.15, 0.2) is 35.6 Å². The molecular weight excluding hydrogens is 294 g/mol. The lowest BCUT2D eigenvalue weighted by atomic mass is 10.1. The zero-order chi connectivity index (χ0) is 16.8. The molecule has 0 unspecified atom stereocenters. The van der Waals surface area contributed by atoms with Crippen molar-refractivity contribution < 1.29 is 15.0 Å². The predicted octanol–water partition coefficient (Wildman–Crippen LogP) is 1.91. The molecule has 2 aromatic rings. The number of aryl methyl sites for hydroxylation is 2. The Labute approximate surface area is 134 Å². The van der Waals surface area contributed by atoms with Gasteiger partial charge in [-0.3, -0.25) is 9.78 Å². The van der Waals surface area contributed by atoms with Gasteiger partial charge in [-0.1, -0.05) is 19.1 Å². The summed E-state index contributed by atoms with van der Waals surface area (Å²) in [6, 6.07) is 7.24. The molecule has 23 heavy (non-hydrogen) atoms. The topological polar surface area (TPSA) is 94.8 Å². The summed E-state index contributed by atoms with van der Waals surface area (Å²) >= 11 is 0. The van der Waals surface area contributed by atoms with Crippen LogP contribution in [0.2, 0.25) is 0 Å². The Kier molecular flexibility index (Phi) is 5.43. The van der Waals surface area contributed by atoms with Crippen LogP contribution in [-0.2, 0) is 13.0 Å². The number of nitrogens with zero attached hydrogens (tertiary/aromatic N) is 2. The van der Waals surface area contributed by atoms with Gasteiger partial charge in [0.1, 0.15) is 5.75 Å². The molecule has 0 fully saturated rings. The summed E-state index contributed by atoms with van der Waals surface area (Å²) in [6.45, 7) is 3.40. The first-order chi connectivity index (χ1) is 11.1. The largest absolute Gasteiger partial charge is 0.505 e. The monoisotopic (exact) mass is 313 g/mol. The van der Waals surface area contributed by atoms with Crippen molar-refractivity contribution in [2.45, 2.75) is 26.9 Å². The number of carbonyl (C=O) groups is 1. The predicted molar refractivity (Wildman–Crippen MR) is 87.4 cm³/mol. The van der Waals surface area contributed by atoms with E-state index in [1.807, 2.05) is 19.1 Å². The molecular formula is C17H19N3O3. The minimum Gasteiger partial charge on any atom is -0.505 e. The summed E-state index contributed by atoms with van der Waals surface area (Å²) in [5.41, 5.74) is 5.23. The number of hydrogen-bond acceptors (Lipinski definition) is 5. The molecule has 0 bridgehead atoms. The molecule has 0 saturated carbocycles. The Morgan fingerprint density at radius 2 is 2.04 bits per heavy atom. The smallest absolute Gasteiger partial charge is 0.271 e. The van der Waals surface area contributed by atoms with Crippen LogP contribution in [0.1, 0.15) is 39.7 Å². The zero-order valence-electron chi connectivity index (χ0n) is 13.1. The second kappa shape index (κ2) is 7.51.